The molecule has 0 aliphatic rings. The molecule has 1 amide bonds. The number of thioether (sulfide) groups is 1. The minimum atomic E-state index is -0.627. The third-order valence-corrected chi connectivity index (χ3v) is 5.40. The zero-order valence-electron chi connectivity index (χ0n) is 14.9. The van der Waals surface area contributed by atoms with Crippen LogP contribution in [0.1, 0.15) is 25.8 Å². The summed E-state index contributed by atoms with van der Waals surface area (Å²) in [6.07, 6.45) is 0.840. The van der Waals surface area contributed by atoms with Crippen LogP contribution in [0.2, 0.25) is 0 Å². The second-order valence-corrected chi connectivity index (χ2v) is 7.44. The summed E-state index contributed by atoms with van der Waals surface area (Å²) in [6, 6.07) is 7.69. The molecule has 7 nitrogen and oxygen atoms in total. The molecule has 0 radical (unpaired) electrons. The summed E-state index contributed by atoms with van der Waals surface area (Å²) < 4.78 is 10.9. The quantitative estimate of drug-likeness (QED) is 0.396. The molecule has 1 atom stereocenters. The second kappa shape index (κ2) is 10.1. The van der Waals surface area contributed by atoms with Crippen LogP contribution in [0.5, 0.6) is 5.75 Å². The van der Waals surface area contributed by atoms with Crippen LogP contribution < -0.4 is 10.1 Å². The summed E-state index contributed by atoms with van der Waals surface area (Å²) in [6.45, 7) is 3.96. The van der Waals surface area contributed by atoms with Gasteiger partial charge < -0.3 is 9.47 Å². The van der Waals surface area contributed by atoms with E-state index in [2.05, 4.69) is 27.2 Å². The molecular weight excluding hydrogens is 374 g/mol. The first-order valence-electron chi connectivity index (χ1n) is 8.15. The Morgan fingerprint density at radius 3 is 2.58 bits per heavy atom. The number of ether oxygens (including phenoxy) is 2. The van der Waals surface area contributed by atoms with E-state index in [1.54, 1.807) is 0 Å². The molecule has 1 aromatic heterocycles. The lowest BCUT2D eigenvalue weighted by atomic mass is 10.2. The molecule has 0 aliphatic heterocycles. The third kappa shape index (κ3) is 5.99. The van der Waals surface area contributed by atoms with Crippen LogP contribution in [-0.4, -0.2) is 41.0 Å². The number of nitrogens with one attached hydrogen (secondary N) is 1. The van der Waals surface area contributed by atoms with Crippen molar-refractivity contribution in [2.24, 2.45) is 0 Å². The molecule has 0 fully saturated rings. The van der Waals surface area contributed by atoms with Gasteiger partial charge in [0, 0.05) is 0 Å². The summed E-state index contributed by atoms with van der Waals surface area (Å²) in [5, 5.41) is 10.9. The molecule has 1 N–H and O–H groups in total. The van der Waals surface area contributed by atoms with Crippen LogP contribution in [0.15, 0.2) is 28.6 Å². The lowest BCUT2D eigenvalue weighted by Gasteiger charge is -2.16. The monoisotopic (exact) mass is 395 g/mol. The highest BCUT2D eigenvalue weighted by Crippen LogP contribution is 2.26. The number of aromatic nitrogens is 2. The van der Waals surface area contributed by atoms with E-state index < -0.39 is 6.10 Å². The zero-order chi connectivity index (χ0) is 18.9. The first kappa shape index (κ1) is 20.2. The molecule has 1 aromatic carbocycles. The third-order valence-electron chi connectivity index (χ3n) is 3.45. The van der Waals surface area contributed by atoms with Crippen molar-refractivity contribution < 1.29 is 19.1 Å². The number of rotatable bonds is 9. The zero-order valence-corrected chi connectivity index (χ0v) is 16.5. The van der Waals surface area contributed by atoms with Crippen LogP contribution in [0.4, 0.5) is 5.13 Å². The fourth-order valence-corrected chi connectivity index (χ4v) is 3.56. The number of hydrogen-bond acceptors (Lipinski definition) is 8. The van der Waals surface area contributed by atoms with Gasteiger partial charge in [0.25, 0.3) is 5.91 Å². The van der Waals surface area contributed by atoms with E-state index in [-0.39, 0.29) is 17.6 Å². The van der Waals surface area contributed by atoms with Gasteiger partial charge >= 0.3 is 5.97 Å². The number of hydrogen-bond donors (Lipinski definition) is 1. The number of esters is 1. The largest absolute Gasteiger partial charge is 0.481 e. The van der Waals surface area contributed by atoms with E-state index in [9.17, 15) is 9.59 Å². The number of nitrogens with zero attached hydrogens (tertiary/aromatic N) is 2. The highest BCUT2D eigenvalue weighted by molar-refractivity contribution is 8.01. The molecule has 2 rings (SSSR count). The smallest absolute Gasteiger partial charge is 0.316 e. The van der Waals surface area contributed by atoms with Gasteiger partial charge in [-0.15, -0.1) is 10.2 Å². The summed E-state index contributed by atoms with van der Waals surface area (Å²) in [5.41, 5.74) is 1.21. The molecule has 9 heteroatoms. The summed E-state index contributed by atoms with van der Waals surface area (Å²) >= 11 is 2.41. The SMILES string of the molecule is CCc1ccc(O[C@@H](CC)C(=O)Nc2nnc(SCC(=O)OC)s2)cc1. The highest BCUT2D eigenvalue weighted by atomic mass is 32.2. The average Bonchev–Trinajstić information content (AvgIpc) is 3.11. The summed E-state index contributed by atoms with van der Waals surface area (Å²) in [4.78, 5) is 23.6. The van der Waals surface area contributed by atoms with E-state index in [0.29, 0.717) is 21.6 Å². The molecule has 1 heterocycles. The van der Waals surface area contributed by atoms with Gasteiger partial charge in [-0.1, -0.05) is 49.1 Å². The van der Waals surface area contributed by atoms with Crippen molar-refractivity contribution in [1.82, 2.24) is 10.2 Å². The Bertz CT molecular complexity index is 734. The van der Waals surface area contributed by atoms with Gasteiger partial charge in [0.1, 0.15) is 5.75 Å². The minimum absolute atomic E-state index is 0.146. The van der Waals surface area contributed by atoms with Crippen molar-refractivity contribution in [2.45, 2.75) is 37.1 Å². The number of methoxy groups -OCH3 is 1. The summed E-state index contributed by atoms with van der Waals surface area (Å²) in [5.74, 6) is 0.168. The second-order valence-electron chi connectivity index (χ2n) is 5.24. The molecule has 0 saturated carbocycles. The van der Waals surface area contributed by atoms with E-state index >= 15 is 0 Å². The lowest BCUT2D eigenvalue weighted by molar-refractivity contribution is -0.137. The number of anilines is 1. The molecule has 140 valence electrons. The van der Waals surface area contributed by atoms with Crippen LogP contribution >= 0.6 is 23.1 Å². The first-order chi connectivity index (χ1) is 12.5. The minimum Gasteiger partial charge on any atom is -0.481 e. The average molecular weight is 396 g/mol. The number of amides is 1. The van der Waals surface area contributed by atoms with Gasteiger partial charge in [0.15, 0.2) is 10.4 Å². The van der Waals surface area contributed by atoms with Crippen LogP contribution in [-0.2, 0) is 20.7 Å². The van der Waals surface area contributed by atoms with Crippen molar-refractivity contribution in [3.63, 3.8) is 0 Å². The van der Waals surface area contributed by atoms with Gasteiger partial charge in [-0.25, -0.2) is 0 Å². The number of carbonyl (C=O) groups is 2. The van der Waals surface area contributed by atoms with Crippen LogP contribution in [0.25, 0.3) is 0 Å². The standard InChI is InChI=1S/C17H21N3O4S2/c1-4-11-6-8-12(9-7-11)24-13(5-2)15(22)18-16-19-20-17(26-16)25-10-14(21)23-3/h6-9,13H,4-5,10H2,1-3H3,(H,18,19,22)/t13-/m0/s1. The molecule has 2 aromatic rings. The van der Waals surface area contributed by atoms with Crippen molar-refractivity contribution in [2.75, 3.05) is 18.2 Å². The van der Waals surface area contributed by atoms with Crippen molar-refractivity contribution in [1.29, 1.82) is 0 Å². The van der Waals surface area contributed by atoms with Crippen LogP contribution in [0, 0.1) is 0 Å². The Kier molecular flexibility index (Phi) is 7.86. The number of benzene rings is 1. The Labute approximate surface area is 160 Å². The van der Waals surface area contributed by atoms with Crippen molar-refractivity contribution in [3.8, 4) is 5.75 Å². The molecule has 26 heavy (non-hydrogen) atoms. The normalized spacial score (nSPS) is 11.7. The molecule has 0 unspecified atom stereocenters. The molecule has 0 spiro atoms. The predicted molar refractivity (Wildman–Crippen MR) is 102 cm³/mol. The lowest BCUT2D eigenvalue weighted by Crippen LogP contribution is -2.32. The van der Waals surface area contributed by atoms with Crippen molar-refractivity contribution >= 4 is 40.1 Å². The Morgan fingerprint density at radius 2 is 1.96 bits per heavy atom. The summed E-state index contributed by atoms with van der Waals surface area (Å²) in [7, 11) is 1.33. The van der Waals surface area contributed by atoms with Gasteiger partial charge in [-0.2, -0.15) is 0 Å². The van der Waals surface area contributed by atoms with Gasteiger partial charge in [0.05, 0.1) is 12.9 Å². The van der Waals surface area contributed by atoms with Crippen LogP contribution in [0.3, 0.4) is 0 Å². The molecule has 0 saturated heterocycles. The van der Waals surface area contributed by atoms with Gasteiger partial charge in [0.2, 0.25) is 5.13 Å². The van der Waals surface area contributed by atoms with E-state index in [1.165, 1.54) is 35.8 Å². The maximum Gasteiger partial charge on any atom is 0.316 e. The van der Waals surface area contributed by atoms with Gasteiger partial charge in [-0.3, -0.25) is 14.9 Å². The fourth-order valence-electron chi connectivity index (χ4n) is 1.97. The Hall–Kier alpha value is -2.13. The van der Waals surface area contributed by atoms with E-state index in [0.717, 1.165) is 6.42 Å². The maximum atomic E-state index is 12.4. The number of carbonyl (C=O) groups excluding carboxylic acids is 2. The van der Waals surface area contributed by atoms with E-state index in [1.807, 2.05) is 31.2 Å². The fraction of sp³-hybridized carbons (Fsp3) is 0.412. The van der Waals surface area contributed by atoms with E-state index in [4.69, 9.17) is 4.74 Å². The first-order valence-corrected chi connectivity index (χ1v) is 9.95. The number of aryl methyl sites for hydroxylation is 1. The highest BCUT2D eigenvalue weighted by Gasteiger charge is 2.20. The predicted octanol–water partition coefficient (Wildman–Crippen LogP) is 3.16. The molecule has 0 bridgehead atoms. The molecule has 0 aliphatic carbocycles. The Balaban J connectivity index is 1.91. The van der Waals surface area contributed by atoms with Gasteiger partial charge in [-0.05, 0) is 30.5 Å². The Morgan fingerprint density at radius 1 is 1.23 bits per heavy atom. The molecular formula is C17H21N3O4S2. The van der Waals surface area contributed by atoms with Crippen molar-refractivity contribution in [3.05, 3.63) is 29.8 Å². The topological polar surface area (TPSA) is 90.4 Å². The maximum absolute atomic E-state index is 12.4.